The van der Waals surface area contributed by atoms with Crippen LogP contribution in [0.15, 0.2) is 12.1 Å². The Morgan fingerprint density at radius 1 is 1.21 bits per heavy atom. The fourth-order valence-electron chi connectivity index (χ4n) is 2.80. The molecule has 0 aromatic heterocycles. The van der Waals surface area contributed by atoms with Crippen molar-refractivity contribution in [1.82, 2.24) is 4.90 Å². The Kier molecular flexibility index (Phi) is 5.95. The van der Waals surface area contributed by atoms with Crippen LogP contribution in [0.2, 0.25) is 0 Å². The number of halogens is 1. The van der Waals surface area contributed by atoms with Crippen LogP contribution in [0.5, 0.6) is 11.5 Å². The van der Waals surface area contributed by atoms with Gasteiger partial charge in [0, 0.05) is 12.6 Å². The topological polar surface area (TPSA) is 21.7 Å². The van der Waals surface area contributed by atoms with E-state index in [0.717, 1.165) is 24.5 Å². The van der Waals surface area contributed by atoms with Crippen LogP contribution in [0.4, 0.5) is 0 Å². The second kappa shape index (κ2) is 7.01. The van der Waals surface area contributed by atoms with Gasteiger partial charge in [-0.25, -0.2) is 0 Å². The summed E-state index contributed by atoms with van der Waals surface area (Å²) in [6, 6.07) is 4.81. The molecule has 0 saturated carbocycles. The lowest BCUT2D eigenvalue weighted by molar-refractivity contribution is 0.217. The summed E-state index contributed by atoms with van der Waals surface area (Å²) >= 11 is 0. The van der Waals surface area contributed by atoms with Gasteiger partial charge in [-0.2, -0.15) is 0 Å². The molecule has 0 spiro atoms. The molecule has 108 valence electrons. The highest BCUT2D eigenvalue weighted by molar-refractivity contribution is 5.85. The molecule has 1 aromatic carbocycles. The lowest BCUT2D eigenvalue weighted by Crippen LogP contribution is -2.32. The molecule has 1 aromatic rings. The van der Waals surface area contributed by atoms with Crippen molar-refractivity contribution in [3.05, 3.63) is 23.3 Å². The Hall–Kier alpha value is -0.930. The van der Waals surface area contributed by atoms with Gasteiger partial charge in [0.15, 0.2) is 11.5 Å². The molecule has 0 radical (unpaired) electrons. The lowest BCUT2D eigenvalue weighted by atomic mass is 9.90. The first-order chi connectivity index (χ1) is 8.71. The molecule has 1 aliphatic rings. The summed E-state index contributed by atoms with van der Waals surface area (Å²) in [6.07, 6.45) is 3.48. The van der Waals surface area contributed by atoms with E-state index in [1.54, 1.807) is 14.2 Å². The molecule has 3 nitrogen and oxygen atoms in total. The maximum absolute atomic E-state index is 5.42. The van der Waals surface area contributed by atoms with Crippen LogP contribution in [0.25, 0.3) is 0 Å². The van der Waals surface area contributed by atoms with Gasteiger partial charge >= 0.3 is 0 Å². The van der Waals surface area contributed by atoms with E-state index in [1.165, 1.54) is 24.0 Å². The Morgan fingerprint density at radius 2 is 1.84 bits per heavy atom. The molecule has 0 saturated heterocycles. The largest absolute Gasteiger partial charge is 0.493 e. The molecule has 1 aliphatic heterocycles. The van der Waals surface area contributed by atoms with Gasteiger partial charge in [0.25, 0.3) is 0 Å². The van der Waals surface area contributed by atoms with E-state index in [4.69, 9.17) is 9.47 Å². The second-order valence-electron chi connectivity index (χ2n) is 4.94. The van der Waals surface area contributed by atoms with Crippen LogP contribution >= 0.6 is 12.4 Å². The molecule has 1 unspecified atom stereocenters. The Morgan fingerprint density at radius 3 is 2.42 bits per heavy atom. The highest BCUT2D eigenvalue weighted by Crippen LogP contribution is 2.39. The second-order valence-corrected chi connectivity index (χ2v) is 4.94. The predicted octanol–water partition coefficient (Wildman–Crippen LogP) is 3.45. The number of nitrogens with zero attached hydrogens (tertiary/aromatic N) is 1. The third-order valence-corrected chi connectivity index (χ3v) is 3.83. The first-order valence-corrected chi connectivity index (χ1v) is 6.66. The van der Waals surface area contributed by atoms with Crippen molar-refractivity contribution in [3.8, 4) is 11.5 Å². The number of rotatable bonds is 4. The molecule has 0 bridgehead atoms. The fourth-order valence-corrected chi connectivity index (χ4v) is 2.80. The standard InChI is InChI=1S/C15H23NO2.ClH/c1-5-6-13-12-10-15(18-4)14(17-3)9-11(12)7-8-16(13)2;/h9-10,13H,5-8H2,1-4H3;1H. The van der Waals surface area contributed by atoms with Gasteiger partial charge in [0.2, 0.25) is 0 Å². The Bertz CT molecular complexity index is 423. The first-order valence-electron chi connectivity index (χ1n) is 6.66. The molecule has 0 fully saturated rings. The minimum absolute atomic E-state index is 0. The van der Waals surface area contributed by atoms with Crippen LogP contribution in [-0.2, 0) is 6.42 Å². The monoisotopic (exact) mass is 285 g/mol. The van der Waals surface area contributed by atoms with E-state index in [-0.39, 0.29) is 12.4 Å². The molecule has 19 heavy (non-hydrogen) atoms. The van der Waals surface area contributed by atoms with E-state index in [1.807, 2.05) is 0 Å². The summed E-state index contributed by atoms with van der Waals surface area (Å²) in [5.74, 6) is 1.68. The average molecular weight is 286 g/mol. The zero-order chi connectivity index (χ0) is 13.1. The smallest absolute Gasteiger partial charge is 0.161 e. The third-order valence-electron chi connectivity index (χ3n) is 3.83. The van der Waals surface area contributed by atoms with E-state index in [9.17, 15) is 0 Å². The van der Waals surface area contributed by atoms with Crippen LogP contribution in [-0.4, -0.2) is 32.7 Å². The summed E-state index contributed by atoms with van der Waals surface area (Å²) in [5.41, 5.74) is 2.81. The summed E-state index contributed by atoms with van der Waals surface area (Å²) < 4.78 is 10.8. The van der Waals surface area contributed by atoms with Crippen LogP contribution in [0.1, 0.15) is 36.9 Å². The SMILES string of the molecule is CCCC1c2cc(OC)c(OC)cc2CCN1C.Cl. The van der Waals surface area contributed by atoms with Crippen molar-refractivity contribution < 1.29 is 9.47 Å². The number of benzene rings is 1. The van der Waals surface area contributed by atoms with Crippen molar-refractivity contribution in [2.24, 2.45) is 0 Å². The fraction of sp³-hybridized carbons (Fsp3) is 0.600. The highest BCUT2D eigenvalue weighted by atomic mass is 35.5. The number of ether oxygens (including phenoxy) is 2. The van der Waals surface area contributed by atoms with Crippen LogP contribution in [0.3, 0.4) is 0 Å². The number of hydrogen-bond acceptors (Lipinski definition) is 3. The normalized spacial score (nSPS) is 18.4. The Labute approximate surface area is 122 Å². The van der Waals surface area contributed by atoms with E-state index in [0.29, 0.717) is 6.04 Å². The molecule has 0 N–H and O–H groups in total. The average Bonchev–Trinajstić information content (AvgIpc) is 2.40. The van der Waals surface area contributed by atoms with Gasteiger partial charge in [0.05, 0.1) is 14.2 Å². The molecule has 0 amide bonds. The minimum Gasteiger partial charge on any atom is -0.493 e. The quantitative estimate of drug-likeness (QED) is 0.846. The molecule has 4 heteroatoms. The molecular formula is C15H24ClNO2. The summed E-state index contributed by atoms with van der Waals surface area (Å²) in [4.78, 5) is 2.44. The van der Waals surface area contributed by atoms with Gasteiger partial charge in [-0.3, -0.25) is 4.90 Å². The first kappa shape index (κ1) is 16.1. The predicted molar refractivity (Wildman–Crippen MR) is 80.8 cm³/mol. The molecule has 2 rings (SSSR count). The van der Waals surface area contributed by atoms with E-state index >= 15 is 0 Å². The summed E-state index contributed by atoms with van der Waals surface area (Å²) in [5, 5.41) is 0. The number of hydrogen-bond donors (Lipinski definition) is 0. The molecule has 1 heterocycles. The van der Waals surface area contributed by atoms with Crippen molar-refractivity contribution in [1.29, 1.82) is 0 Å². The number of fused-ring (bicyclic) bond motifs is 1. The Balaban J connectivity index is 0.00000180. The van der Waals surface area contributed by atoms with Crippen molar-refractivity contribution in [2.75, 3.05) is 27.8 Å². The summed E-state index contributed by atoms with van der Waals surface area (Å²) in [7, 11) is 5.61. The summed E-state index contributed by atoms with van der Waals surface area (Å²) in [6.45, 7) is 3.36. The zero-order valence-electron chi connectivity index (χ0n) is 12.2. The molecule has 1 atom stereocenters. The van der Waals surface area contributed by atoms with Gasteiger partial charge in [0.1, 0.15) is 0 Å². The lowest BCUT2D eigenvalue weighted by Gasteiger charge is -2.35. The van der Waals surface area contributed by atoms with Crippen molar-refractivity contribution in [2.45, 2.75) is 32.2 Å². The van der Waals surface area contributed by atoms with E-state index < -0.39 is 0 Å². The highest BCUT2D eigenvalue weighted by Gasteiger charge is 2.25. The maximum Gasteiger partial charge on any atom is 0.161 e. The van der Waals surface area contributed by atoms with Gasteiger partial charge < -0.3 is 9.47 Å². The van der Waals surface area contributed by atoms with Crippen LogP contribution in [0, 0.1) is 0 Å². The minimum atomic E-state index is 0. The van der Waals surface area contributed by atoms with Gasteiger partial charge in [-0.15, -0.1) is 12.4 Å². The van der Waals surface area contributed by atoms with Gasteiger partial charge in [-0.05, 0) is 43.1 Å². The third kappa shape index (κ3) is 3.15. The maximum atomic E-state index is 5.42. The zero-order valence-corrected chi connectivity index (χ0v) is 13.0. The molecular weight excluding hydrogens is 262 g/mol. The van der Waals surface area contributed by atoms with Crippen molar-refractivity contribution in [3.63, 3.8) is 0 Å². The van der Waals surface area contributed by atoms with E-state index in [2.05, 4.69) is 31.0 Å². The molecule has 0 aliphatic carbocycles. The number of methoxy groups -OCH3 is 2. The van der Waals surface area contributed by atoms with Gasteiger partial charge in [-0.1, -0.05) is 13.3 Å². The number of likely N-dealkylation sites (N-methyl/N-ethyl adjacent to an activating group) is 1. The van der Waals surface area contributed by atoms with Crippen LogP contribution < -0.4 is 9.47 Å². The van der Waals surface area contributed by atoms with Crippen molar-refractivity contribution >= 4 is 12.4 Å².